The summed E-state index contributed by atoms with van der Waals surface area (Å²) in [6.45, 7) is 7.56. The van der Waals surface area contributed by atoms with Crippen LogP contribution in [0, 0.1) is 0 Å². The SMILES string of the molecule is CCOC(=O)Cn1nc(N2CCN(c3ccccc3OCC)CC2)ccc1=O. The minimum absolute atomic E-state index is 0.178. The molecule has 0 N–H and O–H groups in total. The number of nitrogens with zero attached hydrogens (tertiary/aromatic N) is 4. The van der Waals surface area contributed by atoms with Crippen molar-refractivity contribution < 1.29 is 14.3 Å². The number of piperazine rings is 1. The molecule has 1 saturated heterocycles. The van der Waals surface area contributed by atoms with Crippen LogP contribution in [0.5, 0.6) is 5.75 Å². The minimum Gasteiger partial charge on any atom is -0.492 e. The highest BCUT2D eigenvalue weighted by molar-refractivity contribution is 5.69. The molecule has 150 valence electrons. The van der Waals surface area contributed by atoms with Crippen LogP contribution in [0.15, 0.2) is 41.2 Å². The largest absolute Gasteiger partial charge is 0.492 e. The summed E-state index contributed by atoms with van der Waals surface area (Å²) in [6.07, 6.45) is 0. The number of para-hydroxylation sites is 2. The lowest BCUT2D eigenvalue weighted by atomic mass is 10.2. The summed E-state index contributed by atoms with van der Waals surface area (Å²) >= 11 is 0. The Morgan fingerprint density at radius 1 is 1.00 bits per heavy atom. The summed E-state index contributed by atoms with van der Waals surface area (Å²) in [5.74, 6) is 1.10. The molecule has 0 spiro atoms. The fourth-order valence-corrected chi connectivity index (χ4v) is 3.22. The zero-order chi connectivity index (χ0) is 19.9. The average molecular weight is 386 g/mol. The lowest BCUT2D eigenvalue weighted by Gasteiger charge is -2.37. The van der Waals surface area contributed by atoms with E-state index in [9.17, 15) is 9.59 Å². The van der Waals surface area contributed by atoms with Gasteiger partial charge in [0.05, 0.1) is 18.9 Å². The van der Waals surface area contributed by atoms with Crippen LogP contribution in [0.2, 0.25) is 0 Å². The van der Waals surface area contributed by atoms with Gasteiger partial charge in [-0.25, -0.2) is 4.68 Å². The molecule has 3 rings (SSSR count). The van der Waals surface area contributed by atoms with Crippen molar-refractivity contribution in [3.63, 3.8) is 0 Å². The van der Waals surface area contributed by atoms with Gasteiger partial charge in [0.15, 0.2) is 0 Å². The first-order chi connectivity index (χ1) is 13.6. The Morgan fingerprint density at radius 2 is 1.71 bits per heavy atom. The summed E-state index contributed by atoms with van der Waals surface area (Å²) in [5, 5.41) is 4.35. The van der Waals surface area contributed by atoms with E-state index in [1.807, 2.05) is 25.1 Å². The van der Waals surface area contributed by atoms with Crippen molar-refractivity contribution in [3.8, 4) is 5.75 Å². The van der Waals surface area contributed by atoms with Gasteiger partial charge in [-0.1, -0.05) is 12.1 Å². The van der Waals surface area contributed by atoms with E-state index in [0.717, 1.165) is 42.3 Å². The molecular weight excluding hydrogens is 360 g/mol. The second-order valence-corrected chi connectivity index (χ2v) is 6.37. The summed E-state index contributed by atoms with van der Waals surface area (Å²) in [7, 11) is 0. The number of aromatic nitrogens is 2. The maximum absolute atomic E-state index is 12.0. The van der Waals surface area contributed by atoms with Gasteiger partial charge >= 0.3 is 5.97 Å². The molecule has 8 heteroatoms. The predicted molar refractivity (Wildman–Crippen MR) is 107 cm³/mol. The molecule has 1 aliphatic heterocycles. The van der Waals surface area contributed by atoms with Gasteiger partial charge in [0.2, 0.25) is 0 Å². The maximum Gasteiger partial charge on any atom is 0.327 e. The number of ether oxygens (including phenoxy) is 2. The van der Waals surface area contributed by atoms with E-state index in [4.69, 9.17) is 9.47 Å². The summed E-state index contributed by atoms with van der Waals surface area (Å²) < 4.78 is 11.8. The molecule has 0 bridgehead atoms. The van der Waals surface area contributed by atoms with Crippen LogP contribution >= 0.6 is 0 Å². The molecule has 0 radical (unpaired) electrons. The van der Waals surface area contributed by atoms with Crippen molar-refractivity contribution in [1.82, 2.24) is 9.78 Å². The van der Waals surface area contributed by atoms with Gasteiger partial charge in [0.25, 0.3) is 5.56 Å². The standard InChI is InChI=1S/C20H26N4O4/c1-3-27-17-8-6-5-7-16(17)22-11-13-23(14-12-22)18-9-10-19(25)24(21-18)15-20(26)28-4-2/h5-10H,3-4,11-15H2,1-2H3. The van der Waals surface area contributed by atoms with Crippen molar-refractivity contribution >= 4 is 17.5 Å². The van der Waals surface area contributed by atoms with E-state index in [2.05, 4.69) is 21.0 Å². The molecule has 28 heavy (non-hydrogen) atoms. The molecule has 1 aromatic heterocycles. The van der Waals surface area contributed by atoms with Gasteiger partial charge in [-0.3, -0.25) is 9.59 Å². The van der Waals surface area contributed by atoms with Crippen LogP contribution in [0.1, 0.15) is 13.8 Å². The average Bonchev–Trinajstić information content (AvgIpc) is 2.71. The first kappa shape index (κ1) is 19.7. The topological polar surface area (TPSA) is 76.9 Å². The second-order valence-electron chi connectivity index (χ2n) is 6.37. The number of anilines is 2. The molecule has 1 aliphatic rings. The fourth-order valence-electron chi connectivity index (χ4n) is 3.22. The van der Waals surface area contributed by atoms with Crippen LogP contribution < -0.4 is 20.1 Å². The molecule has 0 atom stereocenters. The molecule has 0 amide bonds. The van der Waals surface area contributed by atoms with Crippen molar-refractivity contribution in [1.29, 1.82) is 0 Å². The first-order valence-corrected chi connectivity index (χ1v) is 9.58. The van der Waals surface area contributed by atoms with Gasteiger partial charge in [-0.05, 0) is 32.0 Å². The molecule has 2 heterocycles. The molecule has 0 saturated carbocycles. The van der Waals surface area contributed by atoms with Crippen LogP contribution in [-0.2, 0) is 16.1 Å². The highest BCUT2D eigenvalue weighted by Gasteiger charge is 2.21. The van der Waals surface area contributed by atoms with Gasteiger partial charge in [-0.15, -0.1) is 0 Å². The quantitative estimate of drug-likeness (QED) is 0.668. The Balaban J connectivity index is 1.68. The fraction of sp³-hybridized carbons (Fsp3) is 0.450. The number of benzene rings is 1. The van der Waals surface area contributed by atoms with Crippen molar-refractivity contribution in [3.05, 3.63) is 46.8 Å². The Morgan fingerprint density at radius 3 is 2.43 bits per heavy atom. The van der Waals surface area contributed by atoms with Gasteiger partial charge in [-0.2, -0.15) is 5.10 Å². The Labute approximate surface area is 164 Å². The number of carbonyl (C=O) groups is 1. The molecular formula is C20H26N4O4. The highest BCUT2D eigenvalue weighted by Crippen LogP contribution is 2.29. The van der Waals surface area contributed by atoms with Crippen LogP contribution in [0.3, 0.4) is 0 Å². The summed E-state index contributed by atoms with van der Waals surface area (Å²) in [5.41, 5.74) is 0.769. The molecule has 1 aromatic carbocycles. The zero-order valence-electron chi connectivity index (χ0n) is 16.3. The van der Waals surface area contributed by atoms with Crippen molar-refractivity contribution in [2.24, 2.45) is 0 Å². The minimum atomic E-state index is -0.466. The van der Waals surface area contributed by atoms with Crippen LogP contribution in [0.4, 0.5) is 11.5 Å². The van der Waals surface area contributed by atoms with Crippen molar-refractivity contribution in [2.45, 2.75) is 20.4 Å². The molecule has 0 unspecified atom stereocenters. The normalized spacial score (nSPS) is 14.1. The number of hydrogen-bond acceptors (Lipinski definition) is 7. The zero-order valence-corrected chi connectivity index (χ0v) is 16.3. The predicted octanol–water partition coefficient (Wildman–Crippen LogP) is 1.53. The molecule has 8 nitrogen and oxygen atoms in total. The second kappa shape index (κ2) is 9.25. The van der Waals surface area contributed by atoms with Gasteiger partial charge in [0, 0.05) is 32.2 Å². The van der Waals surface area contributed by atoms with Gasteiger partial charge in [0.1, 0.15) is 18.1 Å². The van der Waals surface area contributed by atoms with Crippen molar-refractivity contribution in [2.75, 3.05) is 49.2 Å². The van der Waals surface area contributed by atoms with E-state index in [0.29, 0.717) is 12.4 Å². The van der Waals surface area contributed by atoms with E-state index in [1.54, 1.807) is 13.0 Å². The van der Waals surface area contributed by atoms with Crippen LogP contribution in [-0.4, -0.2) is 55.1 Å². The molecule has 1 fully saturated rings. The van der Waals surface area contributed by atoms with Crippen LogP contribution in [0.25, 0.3) is 0 Å². The Kier molecular flexibility index (Phi) is 6.52. The van der Waals surface area contributed by atoms with E-state index >= 15 is 0 Å². The molecule has 0 aliphatic carbocycles. The summed E-state index contributed by atoms with van der Waals surface area (Å²) in [6, 6.07) is 11.2. The lowest BCUT2D eigenvalue weighted by Crippen LogP contribution is -2.47. The number of hydrogen-bond donors (Lipinski definition) is 0. The monoisotopic (exact) mass is 386 g/mol. The van der Waals surface area contributed by atoms with E-state index in [1.165, 1.54) is 6.07 Å². The summed E-state index contributed by atoms with van der Waals surface area (Å²) in [4.78, 5) is 28.1. The number of carbonyl (C=O) groups excluding carboxylic acids is 1. The smallest absolute Gasteiger partial charge is 0.327 e. The third-order valence-electron chi connectivity index (χ3n) is 4.55. The third-order valence-corrected chi connectivity index (χ3v) is 4.55. The van der Waals surface area contributed by atoms with E-state index < -0.39 is 5.97 Å². The Hall–Kier alpha value is -3.03. The highest BCUT2D eigenvalue weighted by atomic mass is 16.5. The number of esters is 1. The lowest BCUT2D eigenvalue weighted by molar-refractivity contribution is -0.144. The maximum atomic E-state index is 12.0. The molecule has 2 aromatic rings. The van der Waals surface area contributed by atoms with E-state index in [-0.39, 0.29) is 18.7 Å². The first-order valence-electron chi connectivity index (χ1n) is 9.58. The Bertz CT molecular complexity index is 859. The van der Waals surface area contributed by atoms with Gasteiger partial charge < -0.3 is 19.3 Å². The third kappa shape index (κ3) is 4.62. The number of rotatable bonds is 7.